The SMILES string of the molecule is CC(NCC(O)CC1CCCC1)c1ccccc1Cl. The fourth-order valence-corrected chi connectivity index (χ4v) is 3.26. The molecule has 19 heavy (non-hydrogen) atoms. The molecule has 2 rings (SSSR count). The van der Waals surface area contributed by atoms with Crippen molar-refractivity contribution in [3.8, 4) is 0 Å². The third-order valence-electron chi connectivity index (χ3n) is 4.11. The van der Waals surface area contributed by atoms with Crippen molar-refractivity contribution in [1.29, 1.82) is 0 Å². The number of halogens is 1. The number of aliphatic hydroxyl groups excluding tert-OH is 1. The van der Waals surface area contributed by atoms with Crippen molar-refractivity contribution in [3.05, 3.63) is 34.9 Å². The monoisotopic (exact) mass is 281 g/mol. The quantitative estimate of drug-likeness (QED) is 0.828. The Bertz CT molecular complexity index is 390. The van der Waals surface area contributed by atoms with Crippen molar-refractivity contribution in [2.45, 2.75) is 51.2 Å². The maximum atomic E-state index is 10.1. The number of nitrogens with one attached hydrogen (secondary N) is 1. The van der Waals surface area contributed by atoms with Crippen LogP contribution in [0.3, 0.4) is 0 Å². The molecule has 1 aromatic rings. The molecule has 2 N–H and O–H groups in total. The zero-order valence-electron chi connectivity index (χ0n) is 11.6. The smallest absolute Gasteiger partial charge is 0.0667 e. The highest BCUT2D eigenvalue weighted by molar-refractivity contribution is 6.31. The third-order valence-corrected chi connectivity index (χ3v) is 4.46. The van der Waals surface area contributed by atoms with Crippen molar-refractivity contribution in [2.75, 3.05) is 6.54 Å². The largest absolute Gasteiger partial charge is 0.392 e. The minimum atomic E-state index is -0.243. The number of hydrogen-bond acceptors (Lipinski definition) is 2. The lowest BCUT2D eigenvalue weighted by Gasteiger charge is -2.20. The van der Waals surface area contributed by atoms with E-state index in [1.165, 1.54) is 25.7 Å². The molecule has 0 aromatic heterocycles. The maximum absolute atomic E-state index is 10.1. The molecule has 1 saturated carbocycles. The molecule has 1 fully saturated rings. The average Bonchev–Trinajstić information content (AvgIpc) is 2.89. The number of rotatable bonds is 6. The Kier molecular flexibility index (Phi) is 5.68. The van der Waals surface area contributed by atoms with Crippen molar-refractivity contribution in [2.24, 2.45) is 5.92 Å². The molecule has 0 radical (unpaired) electrons. The van der Waals surface area contributed by atoms with Crippen molar-refractivity contribution < 1.29 is 5.11 Å². The molecule has 0 saturated heterocycles. The van der Waals surface area contributed by atoms with Crippen molar-refractivity contribution in [1.82, 2.24) is 5.32 Å². The van der Waals surface area contributed by atoms with Gasteiger partial charge in [-0.05, 0) is 30.9 Å². The highest BCUT2D eigenvalue weighted by Crippen LogP contribution is 2.28. The van der Waals surface area contributed by atoms with Crippen LogP contribution in [0.4, 0.5) is 0 Å². The van der Waals surface area contributed by atoms with E-state index in [1.807, 2.05) is 24.3 Å². The Morgan fingerprint density at radius 2 is 2.00 bits per heavy atom. The summed E-state index contributed by atoms with van der Waals surface area (Å²) < 4.78 is 0. The standard InChI is InChI=1S/C16H24ClNO/c1-12(15-8-4-5-9-16(15)17)18-11-14(19)10-13-6-2-3-7-13/h4-5,8-9,12-14,18-19H,2-3,6-7,10-11H2,1H3. The van der Waals surface area contributed by atoms with Gasteiger partial charge in [0.15, 0.2) is 0 Å². The molecular formula is C16H24ClNO. The summed E-state index contributed by atoms with van der Waals surface area (Å²) in [6.45, 7) is 2.73. The molecule has 0 amide bonds. The number of aliphatic hydroxyl groups is 1. The van der Waals surface area contributed by atoms with Crippen LogP contribution in [0, 0.1) is 5.92 Å². The molecule has 0 bridgehead atoms. The van der Waals surface area contributed by atoms with E-state index < -0.39 is 0 Å². The molecule has 1 aliphatic rings. The molecule has 0 heterocycles. The summed E-state index contributed by atoms with van der Waals surface area (Å²) in [6.07, 6.45) is 5.94. The fraction of sp³-hybridized carbons (Fsp3) is 0.625. The second-order valence-electron chi connectivity index (χ2n) is 5.69. The lowest BCUT2D eigenvalue weighted by atomic mass is 9.99. The average molecular weight is 282 g/mol. The van der Waals surface area contributed by atoms with Crippen LogP contribution in [0.25, 0.3) is 0 Å². The van der Waals surface area contributed by atoms with Crippen LogP contribution in [0.2, 0.25) is 5.02 Å². The van der Waals surface area contributed by atoms with Crippen LogP contribution in [0.15, 0.2) is 24.3 Å². The molecule has 2 atom stereocenters. The van der Waals surface area contributed by atoms with Gasteiger partial charge in [0.1, 0.15) is 0 Å². The van der Waals surface area contributed by atoms with Crippen LogP contribution in [-0.4, -0.2) is 17.8 Å². The molecule has 1 aliphatic carbocycles. The Balaban J connectivity index is 1.76. The third kappa shape index (κ3) is 4.48. The molecule has 0 aliphatic heterocycles. The highest BCUT2D eigenvalue weighted by atomic mass is 35.5. The molecule has 2 unspecified atom stereocenters. The first kappa shape index (κ1) is 14.8. The van der Waals surface area contributed by atoms with Gasteiger partial charge in [-0.3, -0.25) is 0 Å². The van der Waals surface area contributed by atoms with Crippen molar-refractivity contribution in [3.63, 3.8) is 0 Å². The van der Waals surface area contributed by atoms with Crippen molar-refractivity contribution >= 4 is 11.6 Å². The highest BCUT2D eigenvalue weighted by Gasteiger charge is 2.19. The number of hydrogen-bond donors (Lipinski definition) is 2. The van der Waals surface area contributed by atoms with Gasteiger partial charge in [0.2, 0.25) is 0 Å². The Hall–Kier alpha value is -0.570. The van der Waals surface area contributed by atoms with Gasteiger partial charge < -0.3 is 10.4 Å². The van der Waals surface area contributed by atoms with E-state index in [0.29, 0.717) is 6.54 Å². The minimum absolute atomic E-state index is 0.173. The van der Waals surface area contributed by atoms with Crippen LogP contribution < -0.4 is 5.32 Å². The summed E-state index contributed by atoms with van der Waals surface area (Å²) >= 11 is 6.17. The minimum Gasteiger partial charge on any atom is -0.392 e. The van der Waals surface area contributed by atoms with Gasteiger partial charge in [-0.2, -0.15) is 0 Å². The second-order valence-corrected chi connectivity index (χ2v) is 6.10. The predicted molar refractivity (Wildman–Crippen MR) is 80.5 cm³/mol. The molecule has 2 nitrogen and oxygen atoms in total. The van der Waals surface area contributed by atoms with Gasteiger partial charge in [-0.15, -0.1) is 0 Å². The van der Waals surface area contributed by atoms with E-state index >= 15 is 0 Å². The topological polar surface area (TPSA) is 32.3 Å². The summed E-state index contributed by atoms with van der Waals surface area (Å²) in [7, 11) is 0. The summed E-state index contributed by atoms with van der Waals surface area (Å²) in [4.78, 5) is 0. The van der Waals surface area contributed by atoms with Crippen LogP contribution in [-0.2, 0) is 0 Å². The summed E-state index contributed by atoms with van der Waals surface area (Å²) in [5.41, 5.74) is 1.09. The van der Waals surface area contributed by atoms with E-state index in [4.69, 9.17) is 11.6 Å². The van der Waals surface area contributed by atoms with Crippen LogP contribution in [0.1, 0.15) is 50.6 Å². The Morgan fingerprint density at radius 3 is 2.68 bits per heavy atom. The predicted octanol–water partition coefficient (Wildman–Crippen LogP) is 3.93. The fourth-order valence-electron chi connectivity index (χ4n) is 2.96. The van der Waals surface area contributed by atoms with Gasteiger partial charge >= 0.3 is 0 Å². The van der Waals surface area contributed by atoms with Crippen LogP contribution in [0.5, 0.6) is 0 Å². The summed E-state index contributed by atoms with van der Waals surface area (Å²) in [6, 6.07) is 8.04. The molecule has 0 spiro atoms. The zero-order chi connectivity index (χ0) is 13.7. The lowest BCUT2D eigenvalue weighted by Crippen LogP contribution is -2.30. The lowest BCUT2D eigenvalue weighted by molar-refractivity contribution is 0.137. The molecule has 3 heteroatoms. The molecule has 1 aromatic carbocycles. The van der Waals surface area contributed by atoms with Gasteiger partial charge in [-0.25, -0.2) is 0 Å². The molecule has 106 valence electrons. The number of benzene rings is 1. The normalized spacial score (nSPS) is 19.5. The van der Waals surface area contributed by atoms with Gasteiger partial charge in [-0.1, -0.05) is 55.5 Å². The Labute approximate surface area is 121 Å². The van der Waals surface area contributed by atoms with Gasteiger partial charge in [0, 0.05) is 17.6 Å². The van der Waals surface area contributed by atoms with Gasteiger partial charge in [0.25, 0.3) is 0 Å². The van der Waals surface area contributed by atoms with Crippen LogP contribution >= 0.6 is 11.6 Å². The first-order valence-electron chi connectivity index (χ1n) is 7.32. The van der Waals surface area contributed by atoms with E-state index in [-0.39, 0.29) is 12.1 Å². The molecular weight excluding hydrogens is 258 g/mol. The van der Waals surface area contributed by atoms with E-state index in [0.717, 1.165) is 22.9 Å². The first-order valence-corrected chi connectivity index (χ1v) is 7.70. The second kappa shape index (κ2) is 7.28. The summed E-state index contributed by atoms with van der Waals surface area (Å²) in [5, 5.41) is 14.2. The van der Waals surface area contributed by atoms with E-state index in [2.05, 4.69) is 12.2 Å². The first-order chi connectivity index (χ1) is 9.16. The van der Waals surface area contributed by atoms with E-state index in [1.54, 1.807) is 0 Å². The Morgan fingerprint density at radius 1 is 1.32 bits per heavy atom. The summed E-state index contributed by atoms with van der Waals surface area (Å²) in [5.74, 6) is 0.729. The maximum Gasteiger partial charge on any atom is 0.0667 e. The van der Waals surface area contributed by atoms with Gasteiger partial charge in [0.05, 0.1) is 6.10 Å². The van der Waals surface area contributed by atoms with E-state index in [9.17, 15) is 5.11 Å². The zero-order valence-corrected chi connectivity index (χ0v) is 12.4.